The lowest BCUT2D eigenvalue weighted by Crippen LogP contribution is -2.29. The lowest BCUT2D eigenvalue weighted by Gasteiger charge is -2.11. The number of halogens is 3. The van der Waals surface area contributed by atoms with Crippen molar-refractivity contribution in [1.82, 2.24) is 14.5 Å². The largest absolute Gasteiger partial charge is 0.449 e. The normalized spacial score (nSPS) is 11.7. The maximum absolute atomic E-state index is 12.7. The van der Waals surface area contributed by atoms with Crippen LogP contribution in [0.15, 0.2) is 10.9 Å². The number of alkyl halides is 3. The van der Waals surface area contributed by atoms with E-state index in [4.69, 9.17) is 5.26 Å². The summed E-state index contributed by atoms with van der Waals surface area (Å²) in [5.41, 5.74) is -0.477. The standard InChI is InChI=1S/C10H7F3N4O/c1-5-4-6-7(15-5)16-9(10(11,12)13)17(3-2-14)8(6)18/h4,15H,3H2,1H3. The molecule has 0 fully saturated rings. The third-order valence-electron chi connectivity index (χ3n) is 2.36. The number of H-pyrrole nitrogens is 1. The quantitative estimate of drug-likeness (QED) is 0.841. The highest BCUT2D eigenvalue weighted by atomic mass is 19.4. The smallest absolute Gasteiger partial charge is 0.343 e. The van der Waals surface area contributed by atoms with Crippen molar-refractivity contribution in [1.29, 1.82) is 5.26 Å². The summed E-state index contributed by atoms with van der Waals surface area (Å²) in [6, 6.07) is 2.92. The van der Waals surface area contributed by atoms with E-state index in [0.29, 0.717) is 10.3 Å². The number of nitriles is 1. The average Bonchev–Trinajstić information content (AvgIpc) is 2.62. The monoisotopic (exact) mass is 256 g/mol. The summed E-state index contributed by atoms with van der Waals surface area (Å²) in [6.45, 7) is 0.907. The summed E-state index contributed by atoms with van der Waals surface area (Å²) in [5.74, 6) is -1.37. The van der Waals surface area contributed by atoms with E-state index in [1.165, 1.54) is 12.1 Å². The van der Waals surface area contributed by atoms with Gasteiger partial charge in [0.1, 0.15) is 12.2 Å². The van der Waals surface area contributed by atoms with Gasteiger partial charge in [0, 0.05) is 5.69 Å². The van der Waals surface area contributed by atoms with Crippen LogP contribution in [-0.2, 0) is 12.7 Å². The zero-order valence-electron chi connectivity index (χ0n) is 9.17. The Morgan fingerprint density at radius 3 is 2.78 bits per heavy atom. The SMILES string of the molecule is Cc1cc2c(=O)n(CC#N)c(C(F)(F)F)nc2[nH]1. The van der Waals surface area contributed by atoms with Crippen LogP contribution < -0.4 is 5.56 Å². The third kappa shape index (κ3) is 1.84. The molecule has 0 radical (unpaired) electrons. The number of fused-ring (bicyclic) bond motifs is 1. The number of aromatic amines is 1. The van der Waals surface area contributed by atoms with Gasteiger partial charge >= 0.3 is 6.18 Å². The van der Waals surface area contributed by atoms with Gasteiger partial charge in [-0.25, -0.2) is 4.98 Å². The molecule has 0 aliphatic heterocycles. The van der Waals surface area contributed by atoms with E-state index >= 15 is 0 Å². The lowest BCUT2D eigenvalue weighted by molar-refractivity contribution is -0.147. The van der Waals surface area contributed by atoms with Crippen LogP contribution >= 0.6 is 0 Å². The Hall–Kier alpha value is -2.30. The molecule has 0 aromatic carbocycles. The number of aromatic nitrogens is 3. The molecule has 2 aromatic rings. The van der Waals surface area contributed by atoms with E-state index in [0.717, 1.165) is 0 Å². The summed E-state index contributed by atoms with van der Waals surface area (Å²) in [5, 5.41) is 8.54. The third-order valence-corrected chi connectivity index (χ3v) is 2.36. The Morgan fingerprint density at radius 1 is 1.56 bits per heavy atom. The summed E-state index contributed by atoms with van der Waals surface area (Å²) >= 11 is 0. The van der Waals surface area contributed by atoms with Crippen molar-refractivity contribution in [3.63, 3.8) is 0 Å². The first-order valence-corrected chi connectivity index (χ1v) is 4.89. The van der Waals surface area contributed by atoms with Crippen molar-refractivity contribution in [2.24, 2.45) is 0 Å². The number of nitrogens with one attached hydrogen (secondary N) is 1. The van der Waals surface area contributed by atoms with Crippen molar-refractivity contribution in [3.05, 3.63) is 27.9 Å². The Labute approximate surface area is 98.5 Å². The van der Waals surface area contributed by atoms with Crippen molar-refractivity contribution in [2.45, 2.75) is 19.6 Å². The Kier molecular flexibility index (Phi) is 2.62. The van der Waals surface area contributed by atoms with Gasteiger partial charge < -0.3 is 4.98 Å². The van der Waals surface area contributed by atoms with E-state index in [1.807, 2.05) is 0 Å². The van der Waals surface area contributed by atoms with Crippen molar-refractivity contribution >= 4 is 11.0 Å². The van der Waals surface area contributed by atoms with Gasteiger partial charge in [-0.3, -0.25) is 9.36 Å². The molecule has 0 aliphatic rings. The molecule has 0 amide bonds. The molecule has 94 valence electrons. The molecule has 0 spiro atoms. The second-order valence-electron chi connectivity index (χ2n) is 3.70. The van der Waals surface area contributed by atoms with Crippen molar-refractivity contribution < 1.29 is 13.2 Å². The van der Waals surface area contributed by atoms with Crippen LogP contribution in [0.25, 0.3) is 11.0 Å². The maximum atomic E-state index is 12.7. The first-order chi connectivity index (χ1) is 8.34. The van der Waals surface area contributed by atoms with Gasteiger partial charge in [-0.2, -0.15) is 18.4 Å². The maximum Gasteiger partial charge on any atom is 0.449 e. The zero-order valence-corrected chi connectivity index (χ0v) is 9.17. The Bertz CT molecular complexity index is 705. The molecule has 0 unspecified atom stereocenters. The number of hydrogen-bond acceptors (Lipinski definition) is 3. The molecule has 2 heterocycles. The predicted octanol–water partition coefficient (Wildman–Crippen LogP) is 1.58. The number of aryl methyl sites for hydroxylation is 1. The Morgan fingerprint density at radius 2 is 2.22 bits per heavy atom. The summed E-state index contributed by atoms with van der Waals surface area (Å²) in [6.07, 6.45) is -4.79. The molecule has 0 aliphatic carbocycles. The van der Waals surface area contributed by atoms with Crippen LogP contribution in [0.3, 0.4) is 0 Å². The number of nitrogens with zero attached hydrogens (tertiary/aromatic N) is 3. The molecule has 5 nitrogen and oxygen atoms in total. The molecule has 0 saturated carbocycles. The first-order valence-electron chi connectivity index (χ1n) is 4.89. The number of rotatable bonds is 1. The molecule has 2 rings (SSSR count). The minimum Gasteiger partial charge on any atom is -0.343 e. The van der Waals surface area contributed by atoms with Gasteiger partial charge in [0.15, 0.2) is 0 Å². The van der Waals surface area contributed by atoms with Crippen LogP contribution in [-0.4, -0.2) is 14.5 Å². The summed E-state index contributed by atoms with van der Waals surface area (Å²) < 4.78 is 38.6. The molecular weight excluding hydrogens is 249 g/mol. The fourth-order valence-corrected chi connectivity index (χ4v) is 1.67. The molecule has 0 bridgehead atoms. The van der Waals surface area contributed by atoms with Gasteiger partial charge in [-0.05, 0) is 13.0 Å². The topological polar surface area (TPSA) is 74.5 Å². The summed E-state index contributed by atoms with van der Waals surface area (Å²) in [4.78, 5) is 17.8. The molecule has 2 aromatic heterocycles. The predicted molar refractivity (Wildman–Crippen MR) is 55.7 cm³/mol. The molecule has 0 saturated heterocycles. The Balaban J connectivity index is 2.88. The lowest BCUT2D eigenvalue weighted by atomic mass is 10.3. The van der Waals surface area contributed by atoms with Gasteiger partial charge in [-0.1, -0.05) is 0 Å². The van der Waals surface area contributed by atoms with Crippen LogP contribution in [0.4, 0.5) is 13.2 Å². The molecular formula is C10H7F3N4O. The molecule has 18 heavy (non-hydrogen) atoms. The fourth-order valence-electron chi connectivity index (χ4n) is 1.67. The van der Waals surface area contributed by atoms with Gasteiger partial charge in [0.05, 0.1) is 11.5 Å². The van der Waals surface area contributed by atoms with Gasteiger partial charge in [0.25, 0.3) is 5.56 Å². The minimum absolute atomic E-state index is 0.0377. The van der Waals surface area contributed by atoms with E-state index in [2.05, 4.69) is 9.97 Å². The second-order valence-corrected chi connectivity index (χ2v) is 3.70. The molecule has 0 atom stereocenters. The van der Waals surface area contributed by atoms with E-state index in [9.17, 15) is 18.0 Å². The van der Waals surface area contributed by atoms with Crippen molar-refractivity contribution in [3.8, 4) is 6.07 Å². The van der Waals surface area contributed by atoms with Crippen LogP contribution in [0.1, 0.15) is 11.5 Å². The highest BCUT2D eigenvalue weighted by Crippen LogP contribution is 2.27. The van der Waals surface area contributed by atoms with Crippen LogP contribution in [0, 0.1) is 18.3 Å². The van der Waals surface area contributed by atoms with Crippen molar-refractivity contribution in [2.75, 3.05) is 0 Å². The molecule has 8 heteroatoms. The van der Waals surface area contributed by atoms with Crippen LogP contribution in [0.5, 0.6) is 0 Å². The summed E-state index contributed by atoms with van der Waals surface area (Å²) in [7, 11) is 0. The first kappa shape index (κ1) is 12.2. The zero-order chi connectivity index (χ0) is 13.5. The van der Waals surface area contributed by atoms with Gasteiger partial charge in [-0.15, -0.1) is 0 Å². The molecule has 1 N–H and O–H groups in total. The average molecular weight is 256 g/mol. The van der Waals surface area contributed by atoms with E-state index < -0.39 is 24.1 Å². The van der Waals surface area contributed by atoms with Gasteiger partial charge in [0.2, 0.25) is 5.82 Å². The second kappa shape index (κ2) is 3.87. The minimum atomic E-state index is -4.79. The van der Waals surface area contributed by atoms with E-state index in [1.54, 1.807) is 6.92 Å². The highest BCUT2D eigenvalue weighted by molar-refractivity contribution is 5.75. The fraction of sp³-hybridized carbons (Fsp3) is 0.300. The van der Waals surface area contributed by atoms with Crippen LogP contribution in [0.2, 0.25) is 0 Å². The number of hydrogen-bond donors (Lipinski definition) is 1. The highest BCUT2D eigenvalue weighted by Gasteiger charge is 2.37. The van der Waals surface area contributed by atoms with E-state index in [-0.39, 0.29) is 11.0 Å².